The van der Waals surface area contributed by atoms with E-state index in [-0.39, 0.29) is 5.82 Å². The van der Waals surface area contributed by atoms with E-state index >= 15 is 0 Å². The SMILES string of the molecule is COc1cc(Br)ccc1C(O)c1cc(C)cc(F)c1. The Morgan fingerprint density at radius 3 is 2.58 bits per heavy atom. The molecule has 0 aliphatic heterocycles. The minimum Gasteiger partial charge on any atom is -0.496 e. The molecule has 19 heavy (non-hydrogen) atoms. The van der Waals surface area contributed by atoms with Crippen molar-refractivity contribution in [2.24, 2.45) is 0 Å². The van der Waals surface area contributed by atoms with Gasteiger partial charge >= 0.3 is 0 Å². The molecular weight excluding hydrogens is 311 g/mol. The van der Waals surface area contributed by atoms with Gasteiger partial charge in [0.15, 0.2) is 0 Å². The quantitative estimate of drug-likeness (QED) is 0.925. The average Bonchev–Trinajstić information content (AvgIpc) is 2.36. The van der Waals surface area contributed by atoms with Gasteiger partial charge in [-0.15, -0.1) is 0 Å². The molecule has 0 bridgehead atoms. The molecule has 100 valence electrons. The predicted molar refractivity (Wildman–Crippen MR) is 75.9 cm³/mol. The minimum absolute atomic E-state index is 0.356. The summed E-state index contributed by atoms with van der Waals surface area (Å²) in [5.41, 5.74) is 1.89. The molecule has 0 fully saturated rings. The normalized spacial score (nSPS) is 12.3. The lowest BCUT2D eigenvalue weighted by atomic mass is 9.99. The van der Waals surface area contributed by atoms with E-state index in [1.807, 2.05) is 6.07 Å². The Labute approximate surface area is 120 Å². The summed E-state index contributed by atoms with van der Waals surface area (Å²) in [4.78, 5) is 0. The lowest BCUT2D eigenvalue weighted by molar-refractivity contribution is 0.214. The molecule has 0 aliphatic rings. The Bertz CT molecular complexity index is 578. The van der Waals surface area contributed by atoms with Crippen LogP contribution in [0.5, 0.6) is 5.75 Å². The minimum atomic E-state index is -0.919. The summed E-state index contributed by atoms with van der Waals surface area (Å²) >= 11 is 3.34. The highest BCUT2D eigenvalue weighted by molar-refractivity contribution is 9.10. The van der Waals surface area contributed by atoms with Gasteiger partial charge in [-0.05, 0) is 42.3 Å². The van der Waals surface area contributed by atoms with E-state index in [1.54, 1.807) is 25.1 Å². The second-order valence-corrected chi connectivity index (χ2v) is 5.27. The van der Waals surface area contributed by atoms with Crippen LogP contribution in [0, 0.1) is 12.7 Å². The molecule has 0 saturated heterocycles. The number of aryl methyl sites for hydroxylation is 1. The first-order valence-corrected chi connectivity index (χ1v) is 6.59. The van der Waals surface area contributed by atoms with Crippen molar-refractivity contribution in [3.05, 3.63) is 63.4 Å². The van der Waals surface area contributed by atoms with Gasteiger partial charge < -0.3 is 9.84 Å². The Morgan fingerprint density at radius 1 is 1.21 bits per heavy atom. The van der Waals surface area contributed by atoms with Gasteiger partial charge in [-0.1, -0.05) is 28.1 Å². The van der Waals surface area contributed by atoms with Gasteiger partial charge in [0.05, 0.1) is 7.11 Å². The zero-order valence-corrected chi connectivity index (χ0v) is 12.2. The molecule has 0 radical (unpaired) electrons. The third kappa shape index (κ3) is 3.14. The molecule has 0 amide bonds. The molecule has 1 unspecified atom stereocenters. The van der Waals surface area contributed by atoms with Crippen molar-refractivity contribution in [1.82, 2.24) is 0 Å². The van der Waals surface area contributed by atoms with Crippen LogP contribution in [-0.2, 0) is 0 Å². The molecule has 1 atom stereocenters. The number of benzene rings is 2. The summed E-state index contributed by atoms with van der Waals surface area (Å²) in [5.74, 6) is 0.203. The highest BCUT2D eigenvalue weighted by Crippen LogP contribution is 2.32. The number of aliphatic hydroxyl groups excluding tert-OH is 1. The molecule has 1 N–H and O–H groups in total. The molecule has 0 aliphatic carbocycles. The lowest BCUT2D eigenvalue weighted by Crippen LogP contribution is -2.03. The Hall–Kier alpha value is -1.39. The Balaban J connectivity index is 2.46. The maximum atomic E-state index is 13.4. The Morgan fingerprint density at radius 2 is 1.95 bits per heavy atom. The fraction of sp³-hybridized carbons (Fsp3) is 0.200. The number of ether oxygens (including phenoxy) is 1. The summed E-state index contributed by atoms with van der Waals surface area (Å²) in [7, 11) is 1.54. The molecule has 0 aromatic heterocycles. The molecule has 0 heterocycles. The van der Waals surface area contributed by atoms with E-state index in [0.29, 0.717) is 16.9 Å². The number of halogens is 2. The topological polar surface area (TPSA) is 29.5 Å². The third-order valence-electron chi connectivity index (χ3n) is 2.87. The smallest absolute Gasteiger partial charge is 0.126 e. The summed E-state index contributed by atoms with van der Waals surface area (Å²) in [5, 5.41) is 10.4. The fourth-order valence-electron chi connectivity index (χ4n) is 2.01. The summed E-state index contributed by atoms with van der Waals surface area (Å²) < 4.78 is 19.5. The zero-order valence-electron chi connectivity index (χ0n) is 10.7. The first-order valence-electron chi connectivity index (χ1n) is 5.80. The van der Waals surface area contributed by atoms with Crippen LogP contribution in [-0.4, -0.2) is 12.2 Å². The van der Waals surface area contributed by atoms with Gasteiger partial charge in [-0.3, -0.25) is 0 Å². The van der Waals surface area contributed by atoms with E-state index in [0.717, 1.165) is 10.0 Å². The van der Waals surface area contributed by atoms with E-state index in [1.165, 1.54) is 19.2 Å². The van der Waals surface area contributed by atoms with Crippen LogP contribution in [0.15, 0.2) is 40.9 Å². The van der Waals surface area contributed by atoms with Crippen molar-refractivity contribution in [2.75, 3.05) is 7.11 Å². The number of rotatable bonds is 3. The summed E-state index contributed by atoms with van der Waals surface area (Å²) in [6.45, 7) is 1.79. The van der Waals surface area contributed by atoms with Crippen molar-refractivity contribution < 1.29 is 14.2 Å². The molecule has 2 aromatic rings. The maximum absolute atomic E-state index is 13.4. The van der Waals surface area contributed by atoms with Crippen molar-refractivity contribution in [1.29, 1.82) is 0 Å². The van der Waals surface area contributed by atoms with Gasteiger partial charge in [0, 0.05) is 10.0 Å². The molecule has 2 aromatic carbocycles. The largest absolute Gasteiger partial charge is 0.496 e. The zero-order chi connectivity index (χ0) is 14.0. The summed E-state index contributed by atoms with van der Waals surface area (Å²) in [6.07, 6.45) is -0.919. The first-order chi connectivity index (χ1) is 9.01. The van der Waals surface area contributed by atoms with Crippen LogP contribution < -0.4 is 4.74 Å². The number of hydrogen-bond acceptors (Lipinski definition) is 2. The molecule has 4 heteroatoms. The second-order valence-electron chi connectivity index (χ2n) is 4.35. The highest BCUT2D eigenvalue weighted by Gasteiger charge is 2.16. The molecule has 0 spiro atoms. The number of methoxy groups -OCH3 is 1. The van der Waals surface area contributed by atoms with Crippen LogP contribution in [0.1, 0.15) is 22.8 Å². The van der Waals surface area contributed by atoms with Crippen LogP contribution in [0.2, 0.25) is 0 Å². The van der Waals surface area contributed by atoms with Crippen molar-refractivity contribution in [2.45, 2.75) is 13.0 Å². The standard InChI is InChI=1S/C15H14BrFO2/c1-9-5-10(7-12(17)6-9)15(18)13-4-3-11(16)8-14(13)19-2/h3-8,15,18H,1-2H3. The predicted octanol–water partition coefficient (Wildman–Crippen LogP) is 3.99. The first kappa shape index (κ1) is 14.0. The van der Waals surface area contributed by atoms with Crippen LogP contribution >= 0.6 is 15.9 Å². The van der Waals surface area contributed by atoms with Gasteiger partial charge in [0.2, 0.25) is 0 Å². The molecular formula is C15H14BrFO2. The lowest BCUT2D eigenvalue weighted by Gasteiger charge is -2.16. The van der Waals surface area contributed by atoms with Crippen molar-refractivity contribution in [3.63, 3.8) is 0 Å². The maximum Gasteiger partial charge on any atom is 0.126 e. The van der Waals surface area contributed by atoms with Crippen molar-refractivity contribution >= 4 is 15.9 Å². The average molecular weight is 325 g/mol. The van der Waals surface area contributed by atoms with Gasteiger partial charge in [-0.25, -0.2) is 4.39 Å². The van der Waals surface area contributed by atoms with Crippen LogP contribution in [0.25, 0.3) is 0 Å². The Kier molecular flexibility index (Phi) is 4.22. The molecule has 2 rings (SSSR count). The molecule has 2 nitrogen and oxygen atoms in total. The van der Waals surface area contributed by atoms with E-state index in [9.17, 15) is 9.50 Å². The highest BCUT2D eigenvalue weighted by atomic mass is 79.9. The second kappa shape index (κ2) is 5.72. The summed E-state index contributed by atoms with van der Waals surface area (Å²) in [6, 6.07) is 9.86. The van der Waals surface area contributed by atoms with Crippen LogP contribution in [0.3, 0.4) is 0 Å². The number of hydrogen-bond donors (Lipinski definition) is 1. The monoisotopic (exact) mass is 324 g/mol. The van der Waals surface area contributed by atoms with Gasteiger partial charge in [0.1, 0.15) is 17.7 Å². The van der Waals surface area contributed by atoms with Crippen molar-refractivity contribution in [3.8, 4) is 5.75 Å². The number of aliphatic hydroxyl groups is 1. The van der Waals surface area contributed by atoms with E-state index < -0.39 is 6.10 Å². The molecule has 0 saturated carbocycles. The van der Waals surface area contributed by atoms with Gasteiger partial charge in [0.25, 0.3) is 0 Å². The third-order valence-corrected chi connectivity index (χ3v) is 3.36. The van der Waals surface area contributed by atoms with Crippen LogP contribution in [0.4, 0.5) is 4.39 Å². The van der Waals surface area contributed by atoms with Gasteiger partial charge in [-0.2, -0.15) is 0 Å². The van der Waals surface area contributed by atoms with E-state index in [2.05, 4.69) is 15.9 Å². The van der Waals surface area contributed by atoms with E-state index in [4.69, 9.17) is 4.74 Å². The fourth-order valence-corrected chi connectivity index (χ4v) is 2.35.